The molecule has 2 nitrogen and oxygen atoms in total. The highest BCUT2D eigenvalue weighted by atomic mass is 19.4. The van der Waals surface area contributed by atoms with E-state index in [0.29, 0.717) is 5.56 Å². The minimum absolute atomic E-state index is 0.0663. The Hall–Kier alpha value is -3.08. The first-order valence-corrected chi connectivity index (χ1v) is 7.54. The number of hydrogen-bond donors (Lipinski definition) is 1. The van der Waals surface area contributed by atoms with Gasteiger partial charge >= 0.3 is 6.18 Å². The number of amides is 1. The zero-order valence-corrected chi connectivity index (χ0v) is 13.0. The SMILES string of the molecule is NC(=O)c1cccc(-c2ccc(-c3ccccc3)cc2)c1C(F)(F)F. The number of hydrogen-bond acceptors (Lipinski definition) is 1. The maximum absolute atomic E-state index is 13.5. The van der Waals surface area contributed by atoms with Gasteiger partial charge < -0.3 is 5.73 Å². The second-order valence-electron chi connectivity index (χ2n) is 5.53. The summed E-state index contributed by atoms with van der Waals surface area (Å²) in [5, 5.41) is 0. The Balaban J connectivity index is 2.11. The first-order chi connectivity index (χ1) is 11.9. The van der Waals surface area contributed by atoms with Gasteiger partial charge in [0.2, 0.25) is 5.91 Å². The van der Waals surface area contributed by atoms with Crippen molar-refractivity contribution in [1.82, 2.24) is 0 Å². The smallest absolute Gasteiger partial charge is 0.366 e. The lowest BCUT2D eigenvalue weighted by molar-refractivity contribution is -0.137. The van der Waals surface area contributed by atoms with E-state index in [4.69, 9.17) is 5.73 Å². The predicted molar refractivity (Wildman–Crippen MR) is 90.8 cm³/mol. The van der Waals surface area contributed by atoms with Crippen molar-refractivity contribution in [3.05, 3.63) is 83.9 Å². The van der Waals surface area contributed by atoms with Crippen molar-refractivity contribution in [2.45, 2.75) is 6.18 Å². The van der Waals surface area contributed by atoms with Crippen molar-refractivity contribution in [1.29, 1.82) is 0 Å². The number of primary amides is 1. The zero-order valence-electron chi connectivity index (χ0n) is 13.0. The number of halogens is 3. The third kappa shape index (κ3) is 3.40. The lowest BCUT2D eigenvalue weighted by Crippen LogP contribution is -2.19. The number of alkyl halides is 3. The number of carbonyl (C=O) groups excluding carboxylic acids is 1. The fourth-order valence-electron chi connectivity index (χ4n) is 2.78. The summed E-state index contributed by atoms with van der Waals surface area (Å²) in [5.41, 5.74) is 5.75. The lowest BCUT2D eigenvalue weighted by Gasteiger charge is -2.16. The summed E-state index contributed by atoms with van der Waals surface area (Å²) >= 11 is 0. The molecule has 1 amide bonds. The Kier molecular flexibility index (Phi) is 4.31. The van der Waals surface area contributed by atoms with Gasteiger partial charge in [-0.1, -0.05) is 66.7 Å². The summed E-state index contributed by atoms with van der Waals surface area (Å²) in [5.74, 6) is -1.10. The van der Waals surface area contributed by atoms with E-state index in [1.807, 2.05) is 30.3 Å². The molecule has 0 saturated heterocycles. The van der Waals surface area contributed by atoms with Crippen LogP contribution < -0.4 is 5.73 Å². The molecule has 0 heterocycles. The maximum atomic E-state index is 13.5. The lowest BCUT2D eigenvalue weighted by atomic mass is 9.93. The summed E-state index contributed by atoms with van der Waals surface area (Å²) in [4.78, 5) is 11.4. The van der Waals surface area contributed by atoms with Crippen molar-refractivity contribution in [3.8, 4) is 22.3 Å². The molecule has 3 aromatic rings. The second kappa shape index (κ2) is 6.43. The summed E-state index contributed by atoms with van der Waals surface area (Å²) in [6.45, 7) is 0. The van der Waals surface area contributed by atoms with Crippen LogP contribution in [0.2, 0.25) is 0 Å². The van der Waals surface area contributed by atoms with Crippen molar-refractivity contribution >= 4 is 5.91 Å². The molecule has 0 aliphatic heterocycles. The number of benzene rings is 3. The monoisotopic (exact) mass is 341 g/mol. The van der Waals surface area contributed by atoms with E-state index in [9.17, 15) is 18.0 Å². The van der Waals surface area contributed by atoms with Crippen molar-refractivity contribution in [2.75, 3.05) is 0 Å². The molecule has 126 valence electrons. The third-order valence-electron chi connectivity index (χ3n) is 3.92. The van der Waals surface area contributed by atoms with Crippen LogP contribution in [0.3, 0.4) is 0 Å². The van der Waals surface area contributed by atoms with Gasteiger partial charge in [-0.15, -0.1) is 0 Å². The van der Waals surface area contributed by atoms with Crippen LogP contribution in [0.5, 0.6) is 0 Å². The van der Waals surface area contributed by atoms with Crippen LogP contribution in [0.1, 0.15) is 15.9 Å². The predicted octanol–water partition coefficient (Wildman–Crippen LogP) is 5.14. The van der Waals surface area contributed by atoms with Crippen molar-refractivity contribution in [3.63, 3.8) is 0 Å². The maximum Gasteiger partial charge on any atom is 0.417 e. The van der Waals surface area contributed by atoms with Gasteiger partial charge in [-0.25, -0.2) is 0 Å². The molecule has 2 N–H and O–H groups in total. The summed E-state index contributed by atoms with van der Waals surface area (Å²) in [6.07, 6.45) is -4.68. The molecule has 0 fully saturated rings. The zero-order chi connectivity index (χ0) is 18.0. The van der Waals surface area contributed by atoms with E-state index in [0.717, 1.165) is 17.2 Å². The topological polar surface area (TPSA) is 43.1 Å². The van der Waals surface area contributed by atoms with Crippen LogP contribution in [0, 0.1) is 0 Å². The number of rotatable bonds is 3. The van der Waals surface area contributed by atoms with Gasteiger partial charge in [-0.3, -0.25) is 4.79 Å². The summed E-state index contributed by atoms with van der Waals surface area (Å²) < 4.78 is 40.5. The first kappa shape index (κ1) is 16.8. The van der Waals surface area contributed by atoms with E-state index >= 15 is 0 Å². The fourth-order valence-corrected chi connectivity index (χ4v) is 2.78. The van der Waals surface area contributed by atoms with Crippen LogP contribution in [-0.4, -0.2) is 5.91 Å². The summed E-state index contributed by atoms with van der Waals surface area (Å²) in [6, 6.07) is 20.1. The Labute approximate surface area is 142 Å². The van der Waals surface area contributed by atoms with Gasteiger partial charge in [-0.2, -0.15) is 13.2 Å². The normalized spacial score (nSPS) is 11.3. The van der Waals surface area contributed by atoms with Crippen LogP contribution in [-0.2, 0) is 6.18 Å². The molecule has 3 aromatic carbocycles. The standard InChI is InChI=1S/C20H14F3NO/c21-20(22,23)18-16(7-4-8-17(18)19(24)25)15-11-9-14(10-12-15)13-5-2-1-3-6-13/h1-12H,(H2,24,25). The van der Waals surface area contributed by atoms with Gasteiger partial charge in [-0.05, 0) is 28.3 Å². The van der Waals surface area contributed by atoms with Gasteiger partial charge in [0, 0.05) is 0 Å². The number of nitrogens with two attached hydrogens (primary N) is 1. The van der Waals surface area contributed by atoms with Crippen LogP contribution in [0.4, 0.5) is 13.2 Å². The third-order valence-corrected chi connectivity index (χ3v) is 3.92. The molecule has 0 aromatic heterocycles. The van der Waals surface area contributed by atoms with Gasteiger partial charge in [0.1, 0.15) is 0 Å². The second-order valence-corrected chi connectivity index (χ2v) is 5.53. The van der Waals surface area contributed by atoms with Crippen LogP contribution in [0.15, 0.2) is 72.8 Å². The van der Waals surface area contributed by atoms with Crippen molar-refractivity contribution < 1.29 is 18.0 Å². The van der Waals surface area contributed by atoms with Gasteiger partial charge in [0.05, 0.1) is 11.1 Å². The molecule has 0 aliphatic carbocycles. The van der Waals surface area contributed by atoms with E-state index in [1.165, 1.54) is 12.1 Å². The largest absolute Gasteiger partial charge is 0.417 e. The molecule has 25 heavy (non-hydrogen) atoms. The van der Waals surface area contributed by atoms with Crippen LogP contribution >= 0.6 is 0 Å². The molecule has 0 bridgehead atoms. The molecule has 0 spiro atoms. The molecule has 5 heteroatoms. The molecule has 0 radical (unpaired) electrons. The average molecular weight is 341 g/mol. The highest BCUT2D eigenvalue weighted by Crippen LogP contribution is 2.39. The van der Waals surface area contributed by atoms with Gasteiger partial charge in [0.15, 0.2) is 0 Å². The minimum atomic E-state index is -4.68. The van der Waals surface area contributed by atoms with E-state index < -0.39 is 23.2 Å². The minimum Gasteiger partial charge on any atom is -0.366 e. The molecule has 0 saturated carbocycles. The van der Waals surface area contributed by atoms with E-state index in [1.54, 1.807) is 24.3 Å². The Morgan fingerprint density at radius 2 is 1.28 bits per heavy atom. The average Bonchev–Trinajstić information content (AvgIpc) is 2.61. The summed E-state index contributed by atoms with van der Waals surface area (Å²) in [7, 11) is 0. The Morgan fingerprint density at radius 3 is 1.84 bits per heavy atom. The highest BCUT2D eigenvalue weighted by molar-refractivity contribution is 5.96. The Bertz CT molecular complexity index is 900. The quantitative estimate of drug-likeness (QED) is 0.704. The molecule has 0 atom stereocenters. The van der Waals surface area contributed by atoms with E-state index in [-0.39, 0.29) is 5.56 Å². The fraction of sp³-hybridized carbons (Fsp3) is 0.0500. The van der Waals surface area contributed by atoms with Crippen LogP contribution in [0.25, 0.3) is 22.3 Å². The van der Waals surface area contributed by atoms with Gasteiger partial charge in [0.25, 0.3) is 0 Å². The molecular weight excluding hydrogens is 327 g/mol. The molecule has 0 aliphatic rings. The number of carbonyl (C=O) groups is 1. The highest BCUT2D eigenvalue weighted by Gasteiger charge is 2.37. The molecular formula is C20H14F3NO. The van der Waals surface area contributed by atoms with E-state index in [2.05, 4.69) is 0 Å². The Morgan fingerprint density at radius 1 is 0.720 bits per heavy atom. The molecule has 3 rings (SSSR count). The first-order valence-electron chi connectivity index (χ1n) is 7.54. The molecule has 0 unspecified atom stereocenters. The van der Waals surface area contributed by atoms with Crippen molar-refractivity contribution in [2.24, 2.45) is 5.73 Å².